The Morgan fingerprint density at radius 1 is 1.16 bits per heavy atom. The molecule has 1 aromatic rings. The van der Waals surface area contributed by atoms with Gasteiger partial charge < -0.3 is 15.4 Å². The average Bonchev–Trinajstić information content (AvgIpc) is 2.54. The average molecular weight is 392 g/mol. The number of amides is 1. The van der Waals surface area contributed by atoms with Gasteiger partial charge in [-0.25, -0.2) is 8.42 Å². The van der Waals surface area contributed by atoms with Gasteiger partial charge in [0.15, 0.2) is 0 Å². The minimum atomic E-state index is -3.58. The lowest BCUT2D eigenvalue weighted by Gasteiger charge is -2.34. The van der Waals surface area contributed by atoms with Crippen molar-refractivity contribution in [1.29, 1.82) is 0 Å². The molecule has 1 heterocycles. The number of nitrogens with one attached hydrogen (secondary N) is 2. The Balaban J connectivity index is 0.00000312. The van der Waals surface area contributed by atoms with Gasteiger partial charge in [0.25, 0.3) is 5.91 Å². The molecule has 2 atom stereocenters. The minimum Gasteiger partial charge on any atom is -0.373 e. The van der Waals surface area contributed by atoms with Crippen LogP contribution in [0.2, 0.25) is 0 Å². The van der Waals surface area contributed by atoms with Crippen molar-refractivity contribution >= 4 is 28.3 Å². The Morgan fingerprint density at radius 2 is 1.72 bits per heavy atom. The zero-order chi connectivity index (χ0) is 17.7. The van der Waals surface area contributed by atoms with Crippen molar-refractivity contribution in [2.75, 3.05) is 33.2 Å². The molecule has 1 aromatic carbocycles. The smallest absolute Gasteiger partial charge is 0.251 e. The Morgan fingerprint density at radius 3 is 2.24 bits per heavy atom. The van der Waals surface area contributed by atoms with Crippen molar-refractivity contribution in [3.63, 3.8) is 0 Å². The lowest BCUT2D eigenvalue weighted by molar-refractivity contribution is -0.0440. The highest BCUT2D eigenvalue weighted by atomic mass is 35.5. The second kappa shape index (κ2) is 9.49. The monoisotopic (exact) mass is 391 g/mol. The number of carbonyl (C=O) groups excluding carboxylic acids is 1. The number of carbonyl (C=O) groups is 1. The van der Waals surface area contributed by atoms with Crippen LogP contribution in [0.5, 0.6) is 0 Å². The number of nitrogens with zero attached hydrogens (tertiary/aromatic N) is 1. The molecule has 1 saturated heterocycles. The van der Waals surface area contributed by atoms with Gasteiger partial charge in [-0.1, -0.05) is 0 Å². The molecule has 2 N–H and O–H groups in total. The third-order valence-electron chi connectivity index (χ3n) is 3.80. The zero-order valence-electron chi connectivity index (χ0n) is 14.7. The highest BCUT2D eigenvalue weighted by Crippen LogP contribution is 2.21. The van der Waals surface area contributed by atoms with Crippen LogP contribution >= 0.6 is 12.4 Å². The first-order chi connectivity index (χ1) is 11.3. The summed E-state index contributed by atoms with van der Waals surface area (Å²) in [6, 6.07) is 6.03. The van der Waals surface area contributed by atoms with Crippen LogP contribution in [-0.4, -0.2) is 64.1 Å². The van der Waals surface area contributed by atoms with E-state index in [1.165, 1.54) is 28.6 Å². The Bertz CT molecular complexity index is 656. The summed E-state index contributed by atoms with van der Waals surface area (Å²) in [6.45, 7) is 5.57. The molecule has 25 heavy (non-hydrogen) atoms. The maximum Gasteiger partial charge on any atom is 0.251 e. The topological polar surface area (TPSA) is 87.7 Å². The van der Waals surface area contributed by atoms with Crippen LogP contribution in [0, 0.1) is 0 Å². The number of hydrogen-bond donors (Lipinski definition) is 2. The number of likely N-dealkylation sites (N-methyl/N-ethyl adjacent to an activating group) is 1. The van der Waals surface area contributed by atoms with Crippen LogP contribution in [0.4, 0.5) is 0 Å². The van der Waals surface area contributed by atoms with Gasteiger partial charge in [0, 0.05) is 31.7 Å². The zero-order valence-corrected chi connectivity index (χ0v) is 16.3. The van der Waals surface area contributed by atoms with Crippen LogP contribution in [-0.2, 0) is 14.8 Å². The van der Waals surface area contributed by atoms with Crippen molar-refractivity contribution in [2.45, 2.75) is 31.0 Å². The SMILES string of the molecule is CNCCNC(=O)c1ccc(S(=O)(=O)N2CC(C)OC(C)C2)cc1.Cl. The molecule has 1 amide bonds. The van der Waals surface area contributed by atoms with Crippen LogP contribution in [0.3, 0.4) is 0 Å². The lowest BCUT2D eigenvalue weighted by atomic mass is 10.2. The van der Waals surface area contributed by atoms with Crippen molar-refractivity contribution in [3.8, 4) is 0 Å². The van der Waals surface area contributed by atoms with Gasteiger partial charge in [0.05, 0.1) is 17.1 Å². The maximum absolute atomic E-state index is 12.7. The number of rotatable bonds is 6. The van der Waals surface area contributed by atoms with Gasteiger partial charge in [0.1, 0.15) is 0 Å². The number of ether oxygens (including phenoxy) is 1. The van der Waals surface area contributed by atoms with Gasteiger partial charge in [-0.3, -0.25) is 4.79 Å². The molecular formula is C16H26ClN3O4S. The van der Waals surface area contributed by atoms with Crippen molar-refractivity contribution in [1.82, 2.24) is 14.9 Å². The number of morpholine rings is 1. The predicted octanol–water partition coefficient (Wildman–Crippen LogP) is 0.856. The Labute approximate surface area is 155 Å². The van der Waals surface area contributed by atoms with E-state index < -0.39 is 10.0 Å². The summed E-state index contributed by atoms with van der Waals surface area (Å²) in [7, 11) is -1.77. The van der Waals surface area contributed by atoms with E-state index in [4.69, 9.17) is 4.74 Å². The molecule has 1 aliphatic rings. The Kier molecular flexibility index (Phi) is 8.30. The van der Waals surface area contributed by atoms with E-state index in [1.807, 2.05) is 13.8 Å². The maximum atomic E-state index is 12.7. The molecule has 0 spiro atoms. The standard InChI is InChI=1S/C16H25N3O4S.ClH/c1-12-10-19(11-13(2)23-12)24(21,22)15-6-4-14(5-7-15)16(20)18-9-8-17-3;/h4-7,12-13,17H,8-11H2,1-3H3,(H,18,20);1H. The van der Waals surface area contributed by atoms with E-state index in [1.54, 1.807) is 7.05 Å². The quantitative estimate of drug-likeness (QED) is 0.702. The first-order valence-corrected chi connectivity index (χ1v) is 9.47. The molecule has 1 fully saturated rings. The number of halogens is 1. The summed E-state index contributed by atoms with van der Waals surface area (Å²) in [5.74, 6) is -0.220. The Hall–Kier alpha value is -1.19. The first-order valence-electron chi connectivity index (χ1n) is 8.03. The molecule has 7 nitrogen and oxygen atoms in total. The molecule has 0 aromatic heterocycles. The molecule has 0 bridgehead atoms. The van der Waals surface area contributed by atoms with Crippen molar-refractivity contribution < 1.29 is 17.9 Å². The molecule has 2 unspecified atom stereocenters. The normalized spacial score (nSPS) is 21.4. The summed E-state index contributed by atoms with van der Waals surface area (Å²) < 4.78 is 32.5. The summed E-state index contributed by atoms with van der Waals surface area (Å²) in [6.07, 6.45) is -0.276. The van der Waals surface area contributed by atoms with Gasteiger partial charge >= 0.3 is 0 Å². The molecular weight excluding hydrogens is 366 g/mol. The van der Waals surface area contributed by atoms with Gasteiger partial charge in [-0.2, -0.15) is 4.31 Å². The minimum absolute atomic E-state index is 0. The highest BCUT2D eigenvalue weighted by Gasteiger charge is 2.32. The largest absolute Gasteiger partial charge is 0.373 e. The summed E-state index contributed by atoms with van der Waals surface area (Å²) in [4.78, 5) is 12.1. The number of benzene rings is 1. The third kappa shape index (κ3) is 5.65. The van der Waals surface area contributed by atoms with E-state index >= 15 is 0 Å². The molecule has 0 radical (unpaired) electrons. The fourth-order valence-electron chi connectivity index (χ4n) is 2.66. The summed E-state index contributed by atoms with van der Waals surface area (Å²) in [5, 5.41) is 5.69. The first kappa shape index (κ1) is 21.9. The molecule has 0 saturated carbocycles. The van der Waals surface area contributed by atoms with E-state index in [9.17, 15) is 13.2 Å². The van der Waals surface area contributed by atoms with Gasteiger partial charge in [-0.05, 0) is 45.2 Å². The van der Waals surface area contributed by atoms with Crippen LogP contribution in [0.25, 0.3) is 0 Å². The van der Waals surface area contributed by atoms with E-state index in [0.29, 0.717) is 31.7 Å². The number of hydrogen-bond acceptors (Lipinski definition) is 5. The molecule has 2 rings (SSSR count). The van der Waals surface area contributed by atoms with E-state index in [-0.39, 0.29) is 35.4 Å². The van der Waals surface area contributed by atoms with E-state index in [0.717, 1.165) is 0 Å². The summed E-state index contributed by atoms with van der Waals surface area (Å²) >= 11 is 0. The van der Waals surface area contributed by atoms with Crippen molar-refractivity contribution in [2.24, 2.45) is 0 Å². The second-order valence-electron chi connectivity index (χ2n) is 5.96. The highest BCUT2D eigenvalue weighted by molar-refractivity contribution is 7.89. The van der Waals surface area contributed by atoms with Gasteiger partial charge in [-0.15, -0.1) is 12.4 Å². The lowest BCUT2D eigenvalue weighted by Crippen LogP contribution is -2.48. The van der Waals surface area contributed by atoms with Crippen LogP contribution < -0.4 is 10.6 Å². The van der Waals surface area contributed by atoms with E-state index in [2.05, 4.69) is 10.6 Å². The molecule has 1 aliphatic heterocycles. The van der Waals surface area contributed by atoms with Crippen LogP contribution in [0.15, 0.2) is 29.2 Å². The second-order valence-corrected chi connectivity index (χ2v) is 7.90. The fraction of sp³-hybridized carbons (Fsp3) is 0.562. The predicted molar refractivity (Wildman–Crippen MR) is 98.7 cm³/mol. The number of sulfonamides is 1. The molecule has 9 heteroatoms. The molecule has 0 aliphatic carbocycles. The fourth-order valence-corrected chi connectivity index (χ4v) is 4.25. The van der Waals surface area contributed by atoms with Crippen LogP contribution in [0.1, 0.15) is 24.2 Å². The summed E-state index contributed by atoms with van der Waals surface area (Å²) in [5.41, 5.74) is 0.439. The third-order valence-corrected chi connectivity index (χ3v) is 5.65. The molecule has 142 valence electrons. The van der Waals surface area contributed by atoms with Crippen molar-refractivity contribution in [3.05, 3.63) is 29.8 Å². The van der Waals surface area contributed by atoms with Gasteiger partial charge in [0.2, 0.25) is 10.0 Å².